The molecular weight excluding hydrogens is 426 g/mol. The van der Waals surface area contributed by atoms with Crippen molar-refractivity contribution in [1.29, 1.82) is 0 Å². The van der Waals surface area contributed by atoms with Gasteiger partial charge in [-0.1, -0.05) is 0 Å². The molecule has 0 aromatic carbocycles. The van der Waals surface area contributed by atoms with Crippen molar-refractivity contribution in [2.45, 2.75) is 11.3 Å². The van der Waals surface area contributed by atoms with Crippen LogP contribution < -0.4 is 18.9 Å². The maximum atomic E-state index is 12.7. The highest BCUT2D eigenvalue weighted by Crippen LogP contribution is 2.35. The summed E-state index contributed by atoms with van der Waals surface area (Å²) >= 11 is 0. The lowest BCUT2D eigenvalue weighted by molar-refractivity contribution is 0.0781. The van der Waals surface area contributed by atoms with Crippen molar-refractivity contribution in [3.8, 4) is 29.0 Å². The molecule has 0 bridgehead atoms. The van der Waals surface area contributed by atoms with Crippen LogP contribution in [0.3, 0.4) is 0 Å². The van der Waals surface area contributed by atoms with Gasteiger partial charge in [-0.2, -0.15) is 9.97 Å². The fourth-order valence-corrected chi connectivity index (χ4v) is 3.22. The second-order valence-electron chi connectivity index (χ2n) is 5.52. The number of hydrogen-bond acceptors (Lipinski definition) is 9. The minimum Gasteiger partial charge on any atom is -0.478 e. The van der Waals surface area contributed by atoms with E-state index >= 15 is 0 Å². The summed E-state index contributed by atoms with van der Waals surface area (Å²) < 4.78 is 67.3. The van der Waals surface area contributed by atoms with Gasteiger partial charge in [0.25, 0.3) is 28.2 Å². The number of sulfonamides is 1. The molecule has 0 aliphatic rings. The van der Waals surface area contributed by atoms with E-state index < -0.39 is 29.0 Å². The summed E-state index contributed by atoms with van der Waals surface area (Å²) in [4.78, 5) is 18.4. The van der Waals surface area contributed by atoms with E-state index in [2.05, 4.69) is 29.6 Å². The van der Waals surface area contributed by atoms with Crippen molar-refractivity contribution < 1.29 is 31.4 Å². The predicted octanol–water partition coefficient (Wildman–Crippen LogP) is 1.72. The molecule has 2 N–H and O–H groups in total. The molecule has 30 heavy (non-hydrogen) atoms. The van der Waals surface area contributed by atoms with Crippen LogP contribution in [0.5, 0.6) is 17.5 Å². The lowest BCUT2D eigenvalue weighted by atomic mass is 10.4. The Bertz CT molecular complexity index is 1090. The highest BCUT2D eigenvalue weighted by Gasteiger charge is 2.24. The molecule has 0 saturated heterocycles. The number of methoxy groups -OCH3 is 2. The van der Waals surface area contributed by atoms with Crippen molar-refractivity contribution >= 4 is 16.0 Å². The Balaban J connectivity index is 1.88. The first-order valence-electron chi connectivity index (χ1n) is 8.23. The zero-order valence-corrected chi connectivity index (χ0v) is 16.5. The molecule has 3 heterocycles. The summed E-state index contributed by atoms with van der Waals surface area (Å²) in [6, 6.07) is 2.95. The second kappa shape index (κ2) is 8.86. The van der Waals surface area contributed by atoms with E-state index in [9.17, 15) is 17.2 Å². The van der Waals surface area contributed by atoms with Gasteiger partial charge in [0.1, 0.15) is 11.5 Å². The van der Waals surface area contributed by atoms with Crippen molar-refractivity contribution in [2.24, 2.45) is 0 Å². The van der Waals surface area contributed by atoms with Gasteiger partial charge in [-0.25, -0.2) is 31.9 Å². The van der Waals surface area contributed by atoms with E-state index in [0.29, 0.717) is 11.5 Å². The Kier molecular flexibility index (Phi) is 6.25. The van der Waals surface area contributed by atoms with Crippen LogP contribution in [0.25, 0.3) is 11.5 Å². The normalized spacial score (nSPS) is 11.4. The number of alkyl halides is 2. The molecule has 0 fully saturated rings. The highest BCUT2D eigenvalue weighted by molar-refractivity contribution is 7.92. The van der Waals surface area contributed by atoms with Crippen LogP contribution >= 0.6 is 0 Å². The van der Waals surface area contributed by atoms with Crippen molar-refractivity contribution in [3.63, 3.8) is 0 Å². The molecule has 14 heteroatoms. The Hall–Kier alpha value is -3.55. The number of nitrogens with one attached hydrogen (secondary N) is 2. The molecule has 3 rings (SSSR count). The minimum atomic E-state index is -4.12. The van der Waals surface area contributed by atoms with Gasteiger partial charge >= 0.3 is 0 Å². The number of halogens is 2. The van der Waals surface area contributed by atoms with E-state index in [1.807, 2.05) is 0 Å². The summed E-state index contributed by atoms with van der Waals surface area (Å²) in [5, 5.41) is 0. The predicted molar refractivity (Wildman–Crippen MR) is 99.3 cm³/mol. The van der Waals surface area contributed by atoms with E-state index in [4.69, 9.17) is 14.2 Å². The number of anilines is 1. The fourth-order valence-electron chi connectivity index (χ4n) is 2.28. The molecule has 0 atom stereocenters. The Morgan fingerprint density at radius 2 is 1.77 bits per heavy atom. The van der Waals surface area contributed by atoms with Gasteiger partial charge in [0.05, 0.1) is 19.9 Å². The van der Waals surface area contributed by atoms with Gasteiger partial charge in [-0.15, -0.1) is 0 Å². The zero-order chi connectivity index (χ0) is 21.7. The van der Waals surface area contributed by atoms with Gasteiger partial charge in [-0.05, 0) is 12.1 Å². The maximum Gasteiger partial charge on any atom is 0.272 e. The van der Waals surface area contributed by atoms with E-state index in [1.165, 1.54) is 38.9 Å². The minimum absolute atomic E-state index is 0.135. The average Bonchev–Trinajstić information content (AvgIpc) is 3.23. The lowest BCUT2D eigenvalue weighted by Crippen LogP contribution is -2.16. The van der Waals surface area contributed by atoms with Gasteiger partial charge in [0.2, 0.25) is 11.7 Å². The fraction of sp³-hybridized carbons (Fsp3) is 0.250. The molecule has 160 valence electrons. The van der Waals surface area contributed by atoms with E-state index in [0.717, 1.165) is 0 Å². The third kappa shape index (κ3) is 4.71. The smallest absolute Gasteiger partial charge is 0.272 e. The third-order valence-electron chi connectivity index (χ3n) is 3.54. The van der Waals surface area contributed by atoms with E-state index in [-0.39, 0.29) is 22.4 Å². The molecule has 0 aliphatic carbocycles. The van der Waals surface area contributed by atoms with Crippen LogP contribution in [0.4, 0.5) is 14.7 Å². The lowest BCUT2D eigenvalue weighted by Gasteiger charge is -2.14. The van der Waals surface area contributed by atoms with Crippen LogP contribution in [0.2, 0.25) is 0 Å². The summed E-state index contributed by atoms with van der Waals surface area (Å²) in [6.45, 7) is -0.950. The molecule has 0 unspecified atom stereocenters. The van der Waals surface area contributed by atoms with Gasteiger partial charge in [-0.3, -0.25) is 0 Å². The number of nitrogens with zero attached hydrogens (tertiary/aromatic N) is 4. The van der Waals surface area contributed by atoms with E-state index in [1.54, 1.807) is 6.07 Å². The second-order valence-corrected chi connectivity index (χ2v) is 7.21. The number of aromatic amines is 1. The van der Waals surface area contributed by atoms with Crippen molar-refractivity contribution in [3.05, 3.63) is 30.7 Å². The summed E-state index contributed by atoms with van der Waals surface area (Å²) in [6.07, 6.45) is 1.51. The molecule has 0 saturated carbocycles. The number of H-pyrrole nitrogens is 1. The molecule has 0 aliphatic heterocycles. The maximum absolute atomic E-state index is 12.7. The van der Waals surface area contributed by atoms with Gasteiger partial charge in [0, 0.05) is 18.6 Å². The molecule has 3 aromatic heterocycles. The number of aromatic nitrogens is 5. The Morgan fingerprint density at radius 1 is 1.13 bits per heavy atom. The SMILES string of the molecule is COc1nc(NS(=O)(=O)c2c[nH]c(-c3ncccn3)c2)nc(OC)c1OCC(F)F. The Labute approximate surface area is 169 Å². The monoisotopic (exact) mass is 442 g/mol. The molecular formula is C16H16F2N6O5S. The standard InChI is InChI=1S/C16H16F2N6O5S/c1-27-14-12(29-8-11(17)18)15(28-2)23-16(22-14)24-30(25,26)9-6-10(21-7-9)13-19-4-3-5-20-13/h3-7,11,21H,8H2,1-2H3,(H,22,23,24). The van der Waals surface area contributed by atoms with Crippen LogP contribution in [-0.2, 0) is 10.0 Å². The summed E-state index contributed by atoms with van der Waals surface area (Å²) in [7, 11) is -1.72. The molecule has 3 aromatic rings. The van der Waals surface area contributed by atoms with Crippen LogP contribution in [-0.4, -0.2) is 60.6 Å². The van der Waals surface area contributed by atoms with Gasteiger partial charge < -0.3 is 19.2 Å². The first-order valence-corrected chi connectivity index (χ1v) is 9.72. The third-order valence-corrected chi connectivity index (χ3v) is 4.85. The zero-order valence-electron chi connectivity index (χ0n) is 15.7. The van der Waals surface area contributed by atoms with Crippen molar-refractivity contribution in [2.75, 3.05) is 25.5 Å². The highest BCUT2D eigenvalue weighted by atomic mass is 32.2. The molecule has 0 spiro atoms. The largest absolute Gasteiger partial charge is 0.478 e. The Morgan fingerprint density at radius 3 is 2.33 bits per heavy atom. The average molecular weight is 442 g/mol. The number of ether oxygens (including phenoxy) is 3. The molecule has 11 nitrogen and oxygen atoms in total. The molecule has 0 radical (unpaired) electrons. The first kappa shape index (κ1) is 21.2. The van der Waals surface area contributed by atoms with Crippen LogP contribution in [0.1, 0.15) is 0 Å². The summed E-state index contributed by atoms with van der Waals surface area (Å²) in [5.41, 5.74) is 0.378. The number of rotatable bonds is 9. The summed E-state index contributed by atoms with van der Waals surface area (Å²) in [5.74, 6) is -0.959. The van der Waals surface area contributed by atoms with Crippen LogP contribution in [0, 0.1) is 0 Å². The topological polar surface area (TPSA) is 141 Å². The van der Waals surface area contributed by atoms with Gasteiger partial charge in [0.15, 0.2) is 5.82 Å². The van der Waals surface area contributed by atoms with Crippen LogP contribution in [0.15, 0.2) is 35.6 Å². The quantitative estimate of drug-likeness (QED) is 0.507. The number of hydrogen-bond donors (Lipinski definition) is 2. The molecule has 0 amide bonds. The first-order chi connectivity index (χ1) is 14.3. The van der Waals surface area contributed by atoms with Crippen molar-refractivity contribution in [1.82, 2.24) is 24.9 Å².